The van der Waals surface area contributed by atoms with E-state index in [1.807, 2.05) is 6.07 Å². The lowest BCUT2D eigenvalue weighted by Gasteiger charge is -2.15. The average molecular weight is 226 g/mol. The fourth-order valence-electron chi connectivity index (χ4n) is 1.67. The Hall–Kier alpha value is -0.970. The number of hydrazine groups is 1. The molecule has 0 aliphatic heterocycles. The van der Waals surface area contributed by atoms with Gasteiger partial charge in [0.15, 0.2) is 0 Å². The van der Waals surface area contributed by atoms with Gasteiger partial charge in [-0.05, 0) is 37.0 Å². The third kappa shape index (κ3) is 4.70. The molecular weight excluding hydrogens is 207 g/mol. The van der Waals surface area contributed by atoms with E-state index < -0.39 is 0 Å². The van der Waals surface area contributed by atoms with E-state index >= 15 is 0 Å². The van der Waals surface area contributed by atoms with E-state index in [2.05, 4.69) is 5.43 Å². The number of ether oxygens (including phenoxy) is 1. The molecular formula is C12H19FN2O. The van der Waals surface area contributed by atoms with Crippen molar-refractivity contribution in [2.24, 2.45) is 5.84 Å². The minimum atomic E-state index is -0.204. The molecule has 1 rings (SSSR count). The summed E-state index contributed by atoms with van der Waals surface area (Å²) in [5, 5.41) is 0. The van der Waals surface area contributed by atoms with Crippen molar-refractivity contribution >= 4 is 0 Å². The molecule has 1 atom stereocenters. The van der Waals surface area contributed by atoms with E-state index in [9.17, 15) is 4.39 Å². The van der Waals surface area contributed by atoms with Gasteiger partial charge in [-0.2, -0.15) is 0 Å². The SMILES string of the molecule is COCCCC(Cc1cccc(F)c1)NN. The molecule has 4 heteroatoms. The Morgan fingerprint density at radius 1 is 1.50 bits per heavy atom. The maximum Gasteiger partial charge on any atom is 0.123 e. The third-order valence-electron chi connectivity index (χ3n) is 2.51. The van der Waals surface area contributed by atoms with Gasteiger partial charge in [0.25, 0.3) is 0 Å². The first-order valence-corrected chi connectivity index (χ1v) is 5.45. The molecule has 3 nitrogen and oxygen atoms in total. The Morgan fingerprint density at radius 2 is 2.31 bits per heavy atom. The first-order valence-electron chi connectivity index (χ1n) is 5.45. The lowest BCUT2D eigenvalue weighted by molar-refractivity contribution is 0.188. The van der Waals surface area contributed by atoms with Crippen molar-refractivity contribution in [2.45, 2.75) is 25.3 Å². The number of nitrogens with one attached hydrogen (secondary N) is 1. The molecule has 0 aromatic heterocycles. The Balaban J connectivity index is 2.43. The fourth-order valence-corrected chi connectivity index (χ4v) is 1.67. The maximum atomic E-state index is 13.0. The number of hydrogen-bond donors (Lipinski definition) is 2. The monoisotopic (exact) mass is 226 g/mol. The zero-order valence-corrected chi connectivity index (χ0v) is 9.58. The molecule has 0 amide bonds. The molecule has 0 saturated heterocycles. The Bertz CT molecular complexity index is 307. The number of nitrogens with two attached hydrogens (primary N) is 1. The Labute approximate surface area is 95.8 Å². The first kappa shape index (κ1) is 13.1. The van der Waals surface area contributed by atoms with Crippen molar-refractivity contribution in [2.75, 3.05) is 13.7 Å². The van der Waals surface area contributed by atoms with Crippen LogP contribution in [0.4, 0.5) is 4.39 Å². The van der Waals surface area contributed by atoms with Gasteiger partial charge in [-0.25, -0.2) is 4.39 Å². The molecule has 0 aliphatic rings. The minimum absolute atomic E-state index is 0.164. The van der Waals surface area contributed by atoms with Gasteiger partial charge in [0.2, 0.25) is 0 Å². The fraction of sp³-hybridized carbons (Fsp3) is 0.500. The third-order valence-corrected chi connectivity index (χ3v) is 2.51. The quantitative estimate of drug-likeness (QED) is 0.422. The lowest BCUT2D eigenvalue weighted by Crippen LogP contribution is -2.36. The van der Waals surface area contributed by atoms with Crippen LogP contribution in [-0.2, 0) is 11.2 Å². The molecule has 0 bridgehead atoms. The van der Waals surface area contributed by atoms with Gasteiger partial charge in [0.05, 0.1) is 0 Å². The summed E-state index contributed by atoms with van der Waals surface area (Å²) in [5.41, 5.74) is 3.71. The molecule has 16 heavy (non-hydrogen) atoms. The van der Waals surface area contributed by atoms with Crippen molar-refractivity contribution in [1.29, 1.82) is 0 Å². The number of rotatable bonds is 7. The molecule has 1 unspecified atom stereocenters. The van der Waals surface area contributed by atoms with Gasteiger partial charge in [-0.1, -0.05) is 12.1 Å². The van der Waals surface area contributed by atoms with Gasteiger partial charge < -0.3 is 4.74 Å². The van der Waals surface area contributed by atoms with Crippen molar-refractivity contribution in [3.63, 3.8) is 0 Å². The second-order valence-corrected chi connectivity index (χ2v) is 3.83. The molecule has 0 spiro atoms. The van der Waals surface area contributed by atoms with Crippen LogP contribution in [0.5, 0.6) is 0 Å². The molecule has 0 saturated carbocycles. The molecule has 1 aromatic rings. The van der Waals surface area contributed by atoms with E-state index in [1.165, 1.54) is 6.07 Å². The molecule has 1 aromatic carbocycles. The molecule has 0 radical (unpaired) electrons. The second kappa shape index (κ2) is 7.33. The van der Waals surface area contributed by atoms with Crippen LogP contribution in [0.3, 0.4) is 0 Å². The van der Waals surface area contributed by atoms with E-state index in [0.29, 0.717) is 0 Å². The van der Waals surface area contributed by atoms with E-state index in [1.54, 1.807) is 19.2 Å². The summed E-state index contributed by atoms with van der Waals surface area (Å²) in [7, 11) is 1.68. The van der Waals surface area contributed by atoms with Crippen molar-refractivity contribution in [3.8, 4) is 0 Å². The molecule has 0 heterocycles. The number of benzene rings is 1. The summed E-state index contributed by atoms with van der Waals surface area (Å²) in [5.74, 6) is 5.25. The number of hydrogen-bond acceptors (Lipinski definition) is 3. The predicted molar refractivity (Wildman–Crippen MR) is 62.3 cm³/mol. The van der Waals surface area contributed by atoms with Crippen LogP contribution >= 0.6 is 0 Å². The summed E-state index contributed by atoms with van der Waals surface area (Å²) in [6.07, 6.45) is 2.60. The summed E-state index contributed by atoms with van der Waals surface area (Å²) in [6, 6.07) is 6.77. The van der Waals surface area contributed by atoms with Crippen LogP contribution in [0, 0.1) is 5.82 Å². The molecule has 0 fully saturated rings. The van der Waals surface area contributed by atoms with Crippen LogP contribution in [0.25, 0.3) is 0 Å². The highest BCUT2D eigenvalue weighted by molar-refractivity contribution is 5.17. The zero-order chi connectivity index (χ0) is 11.8. The summed E-state index contributed by atoms with van der Waals surface area (Å²) >= 11 is 0. The second-order valence-electron chi connectivity index (χ2n) is 3.83. The summed E-state index contributed by atoms with van der Waals surface area (Å²) in [4.78, 5) is 0. The van der Waals surface area contributed by atoms with E-state index in [4.69, 9.17) is 10.6 Å². The Morgan fingerprint density at radius 3 is 2.94 bits per heavy atom. The first-order chi connectivity index (χ1) is 7.76. The lowest BCUT2D eigenvalue weighted by atomic mass is 10.0. The van der Waals surface area contributed by atoms with Crippen LogP contribution in [-0.4, -0.2) is 19.8 Å². The predicted octanol–water partition coefficient (Wildman–Crippen LogP) is 1.63. The average Bonchev–Trinajstić information content (AvgIpc) is 2.28. The number of halogens is 1. The molecule has 3 N–H and O–H groups in total. The standard InChI is InChI=1S/C12H19FN2O/c1-16-7-3-6-12(15-14)9-10-4-2-5-11(13)8-10/h2,4-5,8,12,15H,3,6-7,9,14H2,1H3. The van der Waals surface area contributed by atoms with Gasteiger partial charge in [0, 0.05) is 19.8 Å². The van der Waals surface area contributed by atoms with Gasteiger partial charge in [-0.3, -0.25) is 11.3 Å². The Kier molecular flexibility index (Phi) is 6.00. The molecule has 0 aliphatic carbocycles. The molecule has 90 valence electrons. The highest BCUT2D eigenvalue weighted by Gasteiger charge is 2.07. The topological polar surface area (TPSA) is 47.3 Å². The van der Waals surface area contributed by atoms with Gasteiger partial charge in [0.1, 0.15) is 5.82 Å². The minimum Gasteiger partial charge on any atom is -0.385 e. The van der Waals surface area contributed by atoms with Crippen LogP contribution in [0.1, 0.15) is 18.4 Å². The van der Waals surface area contributed by atoms with Crippen LogP contribution in [0.15, 0.2) is 24.3 Å². The summed E-state index contributed by atoms with van der Waals surface area (Å²) in [6.45, 7) is 0.724. The van der Waals surface area contributed by atoms with E-state index in [0.717, 1.165) is 31.4 Å². The smallest absolute Gasteiger partial charge is 0.123 e. The van der Waals surface area contributed by atoms with Crippen molar-refractivity contribution in [1.82, 2.24) is 5.43 Å². The van der Waals surface area contributed by atoms with E-state index in [-0.39, 0.29) is 11.9 Å². The highest BCUT2D eigenvalue weighted by Crippen LogP contribution is 2.09. The van der Waals surface area contributed by atoms with Crippen LogP contribution in [0.2, 0.25) is 0 Å². The van der Waals surface area contributed by atoms with Gasteiger partial charge in [-0.15, -0.1) is 0 Å². The number of methoxy groups -OCH3 is 1. The van der Waals surface area contributed by atoms with Crippen LogP contribution < -0.4 is 11.3 Å². The van der Waals surface area contributed by atoms with Crippen molar-refractivity contribution < 1.29 is 9.13 Å². The largest absolute Gasteiger partial charge is 0.385 e. The zero-order valence-electron chi connectivity index (χ0n) is 9.58. The summed E-state index contributed by atoms with van der Waals surface area (Å²) < 4.78 is 17.9. The highest BCUT2D eigenvalue weighted by atomic mass is 19.1. The maximum absolute atomic E-state index is 13.0. The normalized spacial score (nSPS) is 12.7. The van der Waals surface area contributed by atoms with Gasteiger partial charge >= 0.3 is 0 Å². The van der Waals surface area contributed by atoms with Crippen molar-refractivity contribution in [3.05, 3.63) is 35.6 Å².